The number of benzene rings is 1. The second-order valence-corrected chi connectivity index (χ2v) is 4.87. The largest absolute Gasteiger partial charge is 0.496 e. The van der Waals surface area contributed by atoms with Gasteiger partial charge in [0.25, 0.3) is 0 Å². The number of nitrogens with zero attached hydrogens (tertiary/aromatic N) is 2. The van der Waals surface area contributed by atoms with Crippen molar-refractivity contribution in [2.75, 3.05) is 14.2 Å². The van der Waals surface area contributed by atoms with E-state index in [1.165, 1.54) is 6.21 Å². The van der Waals surface area contributed by atoms with Gasteiger partial charge in [-0.25, -0.2) is 4.98 Å². The van der Waals surface area contributed by atoms with Gasteiger partial charge >= 0.3 is 0 Å². The molecule has 1 heterocycles. The molecule has 1 aromatic heterocycles. The predicted molar refractivity (Wildman–Crippen MR) is 98.2 cm³/mol. The van der Waals surface area contributed by atoms with E-state index < -0.39 is 0 Å². The standard InChI is InChI=1S/C17H20N2O4.C2H6/c1-12-7-13(19-14(8-12)10-20)9-18-23-11-15-16(21-2)5-4-6-17(15)22-3;1-2/h4-9,20H,10-11H2,1-3H3;1-2H3/b18-9+;. The molecule has 0 aliphatic rings. The van der Waals surface area contributed by atoms with Crippen LogP contribution in [0.3, 0.4) is 0 Å². The number of aromatic nitrogens is 1. The molecule has 2 rings (SSSR count). The number of ether oxygens (including phenoxy) is 2. The summed E-state index contributed by atoms with van der Waals surface area (Å²) >= 11 is 0. The molecule has 6 nitrogen and oxygen atoms in total. The summed E-state index contributed by atoms with van der Waals surface area (Å²) in [7, 11) is 3.18. The first-order valence-corrected chi connectivity index (χ1v) is 8.11. The molecule has 0 fully saturated rings. The highest BCUT2D eigenvalue weighted by Gasteiger charge is 2.10. The normalized spacial score (nSPS) is 10.2. The SMILES string of the molecule is CC.COc1cccc(OC)c1CO/N=C/c1cc(C)cc(CO)n1. The monoisotopic (exact) mass is 346 g/mol. The van der Waals surface area contributed by atoms with Crippen LogP contribution in [0.15, 0.2) is 35.5 Å². The van der Waals surface area contributed by atoms with E-state index in [0.29, 0.717) is 22.9 Å². The summed E-state index contributed by atoms with van der Waals surface area (Å²) in [6, 6.07) is 9.19. The summed E-state index contributed by atoms with van der Waals surface area (Å²) in [4.78, 5) is 9.56. The van der Waals surface area contributed by atoms with Crippen molar-refractivity contribution in [1.29, 1.82) is 0 Å². The van der Waals surface area contributed by atoms with Crippen LogP contribution in [0.25, 0.3) is 0 Å². The minimum absolute atomic E-state index is 0.109. The minimum atomic E-state index is -0.109. The van der Waals surface area contributed by atoms with Crippen molar-refractivity contribution in [2.45, 2.75) is 34.0 Å². The van der Waals surface area contributed by atoms with Crippen molar-refractivity contribution in [3.05, 3.63) is 52.8 Å². The molecule has 0 spiro atoms. The average molecular weight is 346 g/mol. The van der Waals surface area contributed by atoms with Crippen molar-refractivity contribution in [3.63, 3.8) is 0 Å². The fourth-order valence-electron chi connectivity index (χ4n) is 2.18. The van der Waals surface area contributed by atoms with Crippen LogP contribution in [0.5, 0.6) is 11.5 Å². The molecule has 0 atom stereocenters. The average Bonchev–Trinajstić information content (AvgIpc) is 2.66. The van der Waals surface area contributed by atoms with Crippen LogP contribution >= 0.6 is 0 Å². The van der Waals surface area contributed by atoms with Crippen LogP contribution in [0.4, 0.5) is 0 Å². The van der Waals surface area contributed by atoms with Gasteiger partial charge in [0.1, 0.15) is 18.1 Å². The lowest BCUT2D eigenvalue weighted by Crippen LogP contribution is -1.99. The van der Waals surface area contributed by atoms with Gasteiger partial charge in [-0.3, -0.25) is 0 Å². The highest BCUT2D eigenvalue weighted by Crippen LogP contribution is 2.28. The summed E-state index contributed by atoms with van der Waals surface area (Å²) in [6.45, 7) is 6.03. The molecule has 0 saturated heterocycles. The van der Waals surface area contributed by atoms with Gasteiger partial charge in [-0.15, -0.1) is 0 Å². The molecule has 1 N–H and O–H groups in total. The molecular weight excluding hydrogens is 320 g/mol. The van der Waals surface area contributed by atoms with Gasteiger partial charge in [-0.2, -0.15) is 0 Å². The molecule has 0 amide bonds. The van der Waals surface area contributed by atoms with Crippen LogP contribution in [-0.2, 0) is 18.1 Å². The third-order valence-electron chi connectivity index (χ3n) is 3.20. The molecule has 0 radical (unpaired) electrons. The zero-order valence-electron chi connectivity index (χ0n) is 15.4. The number of aliphatic hydroxyl groups is 1. The topological polar surface area (TPSA) is 73.2 Å². The van der Waals surface area contributed by atoms with Gasteiger partial charge in [-0.05, 0) is 36.8 Å². The molecule has 136 valence electrons. The van der Waals surface area contributed by atoms with Crippen LogP contribution in [-0.4, -0.2) is 30.5 Å². The quantitative estimate of drug-likeness (QED) is 0.614. The summed E-state index contributed by atoms with van der Waals surface area (Å²) < 4.78 is 10.6. The number of hydrogen-bond acceptors (Lipinski definition) is 6. The van der Waals surface area contributed by atoms with Crippen molar-refractivity contribution in [1.82, 2.24) is 4.98 Å². The minimum Gasteiger partial charge on any atom is -0.496 e. The highest BCUT2D eigenvalue weighted by atomic mass is 16.6. The van der Waals surface area contributed by atoms with E-state index in [1.54, 1.807) is 14.2 Å². The zero-order valence-corrected chi connectivity index (χ0v) is 15.4. The van der Waals surface area contributed by atoms with E-state index in [0.717, 1.165) is 11.1 Å². The van der Waals surface area contributed by atoms with Gasteiger partial charge in [0.2, 0.25) is 0 Å². The van der Waals surface area contributed by atoms with E-state index in [1.807, 2.05) is 51.1 Å². The van der Waals surface area contributed by atoms with E-state index in [-0.39, 0.29) is 13.2 Å². The molecule has 0 saturated carbocycles. The smallest absolute Gasteiger partial charge is 0.149 e. The summed E-state index contributed by atoms with van der Waals surface area (Å²) in [5.41, 5.74) is 3.00. The van der Waals surface area contributed by atoms with Gasteiger partial charge in [-0.1, -0.05) is 25.1 Å². The Kier molecular flexibility index (Phi) is 9.03. The Balaban J connectivity index is 0.00000151. The Morgan fingerprint density at radius 1 is 1.12 bits per heavy atom. The third kappa shape index (κ3) is 6.08. The first-order valence-electron chi connectivity index (χ1n) is 8.11. The van der Waals surface area contributed by atoms with E-state index >= 15 is 0 Å². The summed E-state index contributed by atoms with van der Waals surface area (Å²) in [5.74, 6) is 1.35. The van der Waals surface area contributed by atoms with Crippen molar-refractivity contribution in [3.8, 4) is 11.5 Å². The maximum Gasteiger partial charge on any atom is 0.149 e. The lowest BCUT2D eigenvalue weighted by atomic mass is 10.2. The van der Waals surface area contributed by atoms with Gasteiger partial charge in [0.05, 0.1) is 44.0 Å². The lowest BCUT2D eigenvalue weighted by Gasteiger charge is -2.11. The molecule has 2 aromatic rings. The van der Waals surface area contributed by atoms with Crippen molar-refractivity contribution < 1.29 is 19.4 Å². The number of methoxy groups -OCH3 is 2. The highest BCUT2D eigenvalue weighted by molar-refractivity contribution is 5.76. The fraction of sp³-hybridized carbons (Fsp3) is 0.368. The number of aliphatic hydroxyl groups excluding tert-OH is 1. The number of aryl methyl sites for hydroxylation is 1. The Hall–Kier alpha value is -2.60. The van der Waals surface area contributed by atoms with Crippen molar-refractivity contribution >= 4 is 6.21 Å². The van der Waals surface area contributed by atoms with E-state index in [2.05, 4.69) is 10.1 Å². The maximum atomic E-state index is 9.16. The Morgan fingerprint density at radius 2 is 1.76 bits per heavy atom. The number of rotatable bonds is 7. The number of pyridine rings is 1. The van der Waals surface area contributed by atoms with E-state index in [4.69, 9.17) is 19.4 Å². The van der Waals surface area contributed by atoms with E-state index in [9.17, 15) is 0 Å². The molecule has 1 aromatic carbocycles. The molecule has 25 heavy (non-hydrogen) atoms. The van der Waals surface area contributed by atoms with Gasteiger partial charge in [0.15, 0.2) is 0 Å². The van der Waals surface area contributed by atoms with Crippen LogP contribution in [0.1, 0.15) is 36.4 Å². The summed E-state index contributed by atoms with van der Waals surface area (Å²) in [6.07, 6.45) is 1.51. The maximum absolute atomic E-state index is 9.16. The van der Waals surface area contributed by atoms with Crippen LogP contribution in [0.2, 0.25) is 0 Å². The Labute approximate surface area is 149 Å². The molecule has 0 unspecified atom stereocenters. The fourth-order valence-corrected chi connectivity index (χ4v) is 2.18. The second kappa shape index (κ2) is 11.0. The first-order chi connectivity index (χ1) is 12.2. The van der Waals surface area contributed by atoms with Crippen molar-refractivity contribution in [2.24, 2.45) is 5.16 Å². The van der Waals surface area contributed by atoms with Crippen LogP contribution in [0, 0.1) is 6.92 Å². The first kappa shape index (κ1) is 20.4. The third-order valence-corrected chi connectivity index (χ3v) is 3.20. The lowest BCUT2D eigenvalue weighted by molar-refractivity contribution is 0.127. The number of oxime groups is 1. The number of hydrogen-bond donors (Lipinski definition) is 1. The molecule has 6 heteroatoms. The predicted octanol–water partition coefficient (Wildman–Crippen LogP) is 3.48. The van der Waals surface area contributed by atoms with Gasteiger partial charge in [0, 0.05) is 0 Å². The van der Waals surface area contributed by atoms with Gasteiger partial charge < -0.3 is 19.4 Å². The second-order valence-electron chi connectivity index (χ2n) is 4.87. The molecule has 0 bridgehead atoms. The Bertz CT molecular complexity index is 665. The Morgan fingerprint density at radius 3 is 2.32 bits per heavy atom. The molecule has 0 aliphatic heterocycles. The zero-order chi connectivity index (χ0) is 18.7. The summed E-state index contributed by atoms with van der Waals surface area (Å²) in [5, 5.41) is 13.1. The van der Waals surface area contributed by atoms with Crippen LogP contribution < -0.4 is 9.47 Å². The molecule has 0 aliphatic carbocycles. The molecular formula is C19H26N2O4.